The van der Waals surface area contributed by atoms with Crippen LogP contribution in [0.15, 0.2) is 24.3 Å². The lowest BCUT2D eigenvalue weighted by atomic mass is 10.1. The molecule has 0 bridgehead atoms. The van der Waals surface area contributed by atoms with E-state index in [-0.39, 0.29) is 0 Å². The highest BCUT2D eigenvalue weighted by atomic mass is 32.1. The number of nitrogens with zero attached hydrogens (tertiary/aromatic N) is 2. The molecule has 4 heteroatoms. The molecule has 2 rings (SSSR count). The van der Waals surface area contributed by atoms with E-state index in [2.05, 4.69) is 53.6 Å². The molecule has 90 valence electrons. The van der Waals surface area contributed by atoms with Gasteiger partial charge in [0.15, 0.2) is 0 Å². The van der Waals surface area contributed by atoms with Crippen LogP contribution in [0, 0.1) is 0 Å². The molecule has 0 aliphatic carbocycles. The van der Waals surface area contributed by atoms with Crippen molar-refractivity contribution in [3.05, 3.63) is 34.8 Å². The van der Waals surface area contributed by atoms with Crippen molar-refractivity contribution < 1.29 is 0 Å². The first-order chi connectivity index (χ1) is 8.33. The Hall–Kier alpha value is -1.26. The molecule has 0 amide bonds. The largest absolute Gasteiger partial charge is 0.311 e. The summed E-state index contributed by atoms with van der Waals surface area (Å²) >= 11 is 1.65. The van der Waals surface area contributed by atoms with Crippen molar-refractivity contribution in [1.29, 1.82) is 0 Å². The number of aromatic nitrogens is 2. The van der Waals surface area contributed by atoms with Gasteiger partial charge in [0, 0.05) is 12.1 Å². The number of rotatable bonds is 5. The van der Waals surface area contributed by atoms with Crippen molar-refractivity contribution in [1.82, 2.24) is 15.5 Å². The van der Waals surface area contributed by atoms with Gasteiger partial charge in [-0.15, -0.1) is 10.2 Å². The molecule has 2 aromatic rings. The van der Waals surface area contributed by atoms with Gasteiger partial charge in [0.25, 0.3) is 0 Å². The van der Waals surface area contributed by atoms with Gasteiger partial charge < -0.3 is 5.32 Å². The second-order valence-corrected chi connectivity index (χ2v) is 4.89. The third-order valence-electron chi connectivity index (χ3n) is 2.60. The van der Waals surface area contributed by atoms with Crippen LogP contribution < -0.4 is 5.32 Å². The molecule has 0 unspecified atom stereocenters. The Bertz CT molecular complexity index is 462. The zero-order chi connectivity index (χ0) is 12.1. The van der Waals surface area contributed by atoms with Gasteiger partial charge in [-0.1, -0.05) is 49.4 Å². The van der Waals surface area contributed by atoms with Crippen LogP contribution in [0.1, 0.15) is 24.4 Å². The summed E-state index contributed by atoms with van der Waals surface area (Å²) < 4.78 is 0. The lowest BCUT2D eigenvalue weighted by molar-refractivity contribution is 0.715. The maximum atomic E-state index is 4.22. The van der Waals surface area contributed by atoms with Crippen LogP contribution in [0.2, 0.25) is 0 Å². The van der Waals surface area contributed by atoms with Crippen LogP contribution in [0.25, 0.3) is 10.6 Å². The minimum atomic E-state index is 0.807. The predicted molar refractivity (Wildman–Crippen MR) is 72.1 cm³/mol. The molecule has 0 atom stereocenters. The molecular formula is C13H17N3S. The van der Waals surface area contributed by atoms with E-state index in [1.165, 1.54) is 5.56 Å². The number of benzene rings is 1. The summed E-state index contributed by atoms with van der Waals surface area (Å²) in [6.07, 6.45) is 1.07. The zero-order valence-electron chi connectivity index (χ0n) is 10.2. The summed E-state index contributed by atoms with van der Waals surface area (Å²) in [6.45, 7) is 6.02. The second-order valence-electron chi connectivity index (χ2n) is 3.83. The predicted octanol–water partition coefficient (Wildman–Crippen LogP) is 2.88. The van der Waals surface area contributed by atoms with Crippen LogP contribution in [0.3, 0.4) is 0 Å². The second kappa shape index (κ2) is 5.89. The molecule has 0 aliphatic heterocycles. The van der Waals surface area contributed by atoms with Gasteiger partial charge in [0.1, 0.15) is 10.0 Å². The number of hydrogen-bond acceptors (Lipinski definition) is 4. The monoisotopic (exact) mass is 247 g/mol. The SMILES string of the molecule is CCNCc1nnc(-c2ccc(CC)cc2)s1. The lowest BCUT2D eigenvalue weighted by Gasteiger charge is -1.98. The summed E-state index contributed by atoms with van der Waals surface area (Å²) in [7, 11) is 0. The summed E-state index contributed by atoms with van der Waals surface area (Å²) in [5, 5.41) is 13.7. The third kappa shape index (κ3) is 3.11. The van der Waals surface area contributed by atoms with E-state index < -0.39 is 0 Å². The average Bonchev–Trinajstić information content (AvgIpc) is 2.85. The van der Waals surface area contributed by atoms with Gasteiger partial charge in [-0.05, 0) is 18.5 Å². The summed E-state index contributed by atoms with van der Waals surface area (Å²) in [5.74, 6) is 0. The standard InChI is InChI=1S/C13H17N3S/c1-3-10-5-7-11(8-6-10)13-16-15-12(17-13)9-14-4-2/h5-8,14H,3-4,9H2,1-2H3. The Morgan fingerprint density at radius 3 is 2.53 bits per heavy atom. The van der Waals surface area contributed by atoms with E-state index in [0.717, 1.165) is 35.1 Å². The van der Waals surface area contributed by atoms with E-state index in [0.29, 0.717) is 0 Å². The molecule has 0 aliphatic rings. The number of hydrogen-bond donors (Lipinski definition) is 1. The quantitative estimate of drug-likeness (QED) is 0.883. The van der Waals surface area contributed by atoms with Crippen LogP contribution >= 0.6 is 11.3 Å². The van der Waals surface area contributed by atoms with Crippen LogP contribution in [0.5, 0.6) is 0 Å². The first-order valence-corrected chi connectivity index (χ1v) is 6.77. The fourth-order valence-corrected chi connectivity index (χ4v) is 2.37. The fourth-order valence-electron chi connectivity index (χ4n) is 1.56. The third-order valence-corrected chi connectivity index (χ3v) is 3.57. The summed E-state index contributed by atoms with van der Waals surface area (Å²) in [5.41, 5.74) is 2.51. The van der Waals surface area contributed by atoms with Crippen molar-refractivity contribution in [3.8, 4) is 10.6 Å². The van der Waals surface area contributed by atoms with Crippen molar-refractivity contribution >= 4 is 11.3 Å². The van der Waals surface area contributed by atoms with E-state index in [1.807, 2.05) is 0 Å². The summed E-state index contributed by atoms with van der Waals surface area (Å²) in [4.78, 5) is 0. The maximum Gasteiger partial charge on any atom is 0.147 e. The molecule has 3 nitrogen and oxygen atoms in total. The molecular weight excluding hydrogens is 230 g/mol. The first-order valence-electron chi connectivity index (χ1n) is 5.96. The first kappa shape index (κ1) is 12.2. The minimum absolute atomic E-state index is 0.807. The Kier molecular flexibility index (Phi) is 4.23. The molecule has 17 heavy (non-hydrogen) atoms. The molecule has 1 N–H and O–H groups in total. The van der Waals surface area contributed by atoms with Crippen LogP contribution in [0.4, 0.5) is 0 Å². The molecule has 1 aromatic heterocycles. The average molecular weight is 247 g/mol. The zero-order valence-corrected chi connectivity index (χ0v) is 11.0. The van der Waals surface area contributed by atoms with E-state index in [9.17, 15) is 0 Å². The van der Waals surface area contributed by atoms with Crippen molar-refractivity contribution in [2.75, 3.05) is 6.54 Å². The highest BCUT2D eigenvalue weighted by Gasteiger charge is 2.05. The van der Waals surface area contributed by atoms with E-state index in [1.54, 1.807) is 11.3 Å². The molecule has 0 saturated heterocycles. The van der Waals surface area contributed by atoms with Gasteiger partial charge in [-0.25, -0.2) is 0 Å². The van der Waals surface area contributed by atoms with Crippen LogP contribution in [-0.4, -0.2) is 16.7 Å². The molecule has 0 spiro atoms. The van der Waals surface area contributed by atoms with Crippen molar-refractivity contribution in [2.24, 2.45) is 0 Å². The maximum absolute atomic E-state index is 4.22. The van der Waals surface area contributed by atoms with Crippen molar-refractivity contribution in [3.63, 3.8) is 0 Å². The van der Waals surface area contributed by atoms with Gasteiger partial charge in [-0.2, -0.15) is 0 Å². The smallest absolute Gasteiger partial charge is 0.147 e. The normalized spacial score (nSPS) is 10.7. The minimum Gasteiger partial charge on any atom is -0.311 e. The van der Waals surface area contributed by atoms with Gasteiger partial charge in [-0.3, -0.25) is 0 Å². The highest BCUT2D eigenvalue weighted by Crippen LogP contribution is 2.23. The highest BCUT2D eigenvalue weighted by molar-refractivity contribution is 7.14. The number of nitrogens with one attached hydrogen (secondary N) is 1. The number of aryl methyl sites for hydroxylation is 1. The topological polar surface area (TPSA) is 37.8 Å². The van der Waals surface area contributed by atoms with Crippen LogP contribution in [-0.2, 0) is 13.0 Å². The molecule has 1 aromatic carbocycles. The van der Waals surface area contributed by atoms with Gasteiger partial charge >= 0.3 is 0 Å². The molecule has 1 heterocycles. The fraction of sp³-hybridized carbons (Fsp3) is 0.385. The van der Waals surface area contributed by atoms with E-state index in [4.69, 9.17) is 0 Å². The van der Waals surface area contributed by atoms with E-state index >= 15 is 0 Å². The Labute approximate surface area is 106 Å². The van der Waals surface area contributed by atoms with Gasteiger partial charge in [0.2, 0.25) is 0 Å². The summed E-state index contributed by atoms with van der Waals surface area (Å²) in [6, 6.07) is 8.55. The van der Waals surface area contributed by atoms with Crippen molar-refractivity contribution in [2.45, 2.75) is 26.8 Å². The Morgan fingerprint density at radius 2 is 1.88 bits per heavy atom. The van der Waals surface area contributed by atoms with Gasteiger partial charge in [0.05, 0.1) is 0 Å². The molecule has 0 fully saturated rings. The molecule has 0 saturated carbocycles. The Balaban J connectivity index is 2.12. The Morgan fingerprint density at radius 1 is 1.12 bits per heavy atom. The molecule has 0 radical (unpaired) electrons. The lowest BCUT2D eigenvalue weighted by Crippen LogP contribution is -2.11.